The Hall–Kier alpha value is -1.63. The molecule has 0 radical (unpaired) electrons. The van der Waals surface area contributed by atoms with Gasteiger partial charge in [0.1, 0.15) is 5.60 Å². The number of anilines is 1. The van der Waals surface area contributed by atoms with Gasteiger partial charge in [-0.15, -0.1) is 11.3 Å². The number of thiazole rings is 1. The van der Waals surface area contributed by atoms with Gasteiger partial charge in [0, 0.05) is 24.5 Å². The van der Waals surface area contributed by atoms with Gasteiger partial charge in [0.2, 0.25) is 5.91 Å². The highest BCUT2D eigenvalue weighted by atomic mass is 32.1. The monoisotopic (exact) mass is 285 g/mol. The van der Waals surface area contributed by atoms with E-state index in [1.807, 2.05) is 0 Å². The minimum absolute atomic E-state index is 0.110. The van der Waals surface area contributed by atoms with Gasteiger partial charge in [0.15, 0.2) is 5.13 Å². The Morgan fingerprint density at radius 3 is 2.74 bits per heavy atom. The number of alkyl carbamates (subject to hydrolysis) is 1. The minimum atomic E-state index is -0.508. The molecule has 0 bridgehead atoms. The number of carbonyl (C=O) groups excluding carboxylic acids is 2. The van der Waals surface area contributed by atoms with Crippen LogP contribution in [0.2, 0.25) is 0 Å². The van der Waals surface area contributed by atoms with Gasteiger partial charge in [-0.1, -0.05) is 0 Å². The summed E-state index contributed by atoms with van der Waals surface area (Å²) >= 11 is 1.37. The van der Waals surface area contributed by atoms with Crippen LogP contribution >= 0.6 is 11.3 Å². The van der Waals surface area contributed by atoms with Gasteiger partial charge in [0.25, 0.3) is 0 Å². The van der Waals surface area contributed by atoms with Crippen molar-refractivity contribution in [2.45, 2.75) is 39.2 Å². The number of hydrogen-bond acceptors (Lipinski definition) is 5. The van der Waals surface area contributed by atoms with Crippen LogP contribution < -0.4 is 10.6 Å². The summed E-state index contributed by atoms with van der Waals surface area (Å²) in [7, 11) is 0. The van der Waals surface area contributed by atoms with Crippen molar-refractivity contribution >= 4 is 28.5 Å². The smallest absolute Gasteiger partial charge is 0.407 e. The Bertz CT molecular complexity index is 412. The summed E-state index contributed by atoms with van der Waals surface area (Å²) in [5.74, 6) is -0.110. The summed E-state index contributed by atoms with van der Waals surface area (Å²) in [6.07, 6.45) is 2.05. The third-order valence-electron chi connectivity index (χ3n) is 1.93. The van der Waals surface area contributed by atoms with Crippen molar-refractivity contribution < 1.29 is 14.3 Å². The van der Waals surface area contributed by atoms with Crippen molar-refractivity contribution in [3.63, 3.8) is 0 Å². The van der Waals surface area contributed by atoms with Crippen molar-refractivity contribution in [2.75, 3.05) is 11.9 Å². The lowest BCUT2D eigenvalue weighted by Gasteiger charge is -2.19. The quantitative estimate of drug-likeness (QED) is 0.814. The number of hydrogen-bond donors (Lipinski definition) is 2. The first-order valence-electron chi connectivity index (χ1n) is 6.03. The molecule has 6 nitrogen and oxygen atoms in total. The molecule has 0 saturated carbocycles. The molecule has 106 valence electrons. The fraction of sp³-hybridized carbons (Fsp3) is 0.583. The molecule has 1 rings (SSSR count). The fourth-order valence-corrected chi connectivity index (χ4v) is 1.77. The summed E-state index contributed by atoms with van der Waals surface area (Å²) in [6, 6.07) is 0. The minimum Gasteiger partial charge on any atom is -0.444 e. The molecular weight excluding hydrogens is 266 g/mol. The predicted molar refractivity (Wildman–Crippen MR) is 74.2 cm³/mol. The molecule has 0 aliphatic carbocycles. The van der Waals surface area contributed by atoms with E-state index in [9.17, 15) is 9.59 Å². The van der Waals surface area contributed by atoms with E-state index in [0.29, 0.717) is 24.5 Å². The second kappa shape index (κ2) is 7.08. The molecule has 2 N–H and O–H groups in total. The van der Waals surface area contributed by atoms with Crippen LogP contribution in [-0.4, -0.2) is 29.1 Å². The molecule has 0 aromatic carbocycles. The number of rotatable bonds is 5. The number of amides is 2. The van der Waals surface area contributed by atoms with Gasteiger partial charge in [-0.25, -0.2) is 9.78 Å². The van der Waals surface area contributed by atoms with Crippen LogP contribution in [-0.2, 0) is 9.53 Å². The molecule has 1 aromatic rings. The van der Waals surface area contributed by atoms with Crippen molar-refractivity contribution in [2.24, 2.45) is 0 Å². The Balaban J connectivity index is 2.10. The van der Waals surface area contributed by atoms with Gasteiger partial charge in [-0.2, -0.15) is 0 Å². The van der Waals surface area contributed by atoms with Crippen LogP contribution in [0, 0.1) is 0 Å². The Kier molecular flexibility index (Phi) is 5.75. The van der Waals surface area contributed by atoms with Gasteiger partial charge in [0.05, 0.1) is 0 Å². The van der Waals surface area contributed by atoms with E-state index >= 15 is 0 Å². The highest BCUT2D eigenvalue weighted by Gasteiger charge is 2.15. The predicted octanol–water partition coefficient (Wildman–Crippen LogP) is 2.39. The molecule has 0 unspecified atom stereocenters. The van der Waals surface area contributed by atoms with Gasteiger partial charge < -0.3 is 15.4 Å². The number of nitrogens with one attached hydrogen (secondary N) is 2. The highest BCUT2D eigenvalue weighted by Crippen LogP contribution is 2.10. The van der Waals surface area contributed by atoms with Crippen molar-refractivity contribution in [3.05, 3.63) is 11.6 Å². The van der Waals surface area contributed by atoms with E-state index in [4.69, 9.17) is 4.74 Å². The van der Waals surface area contributed by atoms with E-state index in [-0.39, 0.29) is 5.91 Å². The van der Waals surface area contributed by atoms with Crippen molar-refractivity contribution in [3.8, 4) is 0 Å². The lowest BCUT2D eigenvalue weighted by molar-refractivity contribution is -0.116. The molecule has 7 heteroatoms. The summed E-state index contributed by atoms with van der Waals surface area (Å²) in [5.41, 5.74) is -0.508. The van der Waals surface area contributed by atoms with Gasteiger partial charge in [-0.05, 0) is 27.2 Å². The molecule has 2 amide bonds. The molecule has 0 aliphatic heterocycles. The molecule has 0 spiro atoms. The maximum atomic E-state index is 11.5. The maximum Gasteiger partial charge on any atom is 0.407 e. The van der Waals surface area contributed by atoms with Crippen LogP contribution in [0.5, 0.6) is 0 Å². The number of ether oxygens (including phenoxy) is 1. The standard InChI is InChI=1S/C12H19N3O3S/c1-12(2,3)18-11(17)14-6-4-5-9(16)15-10-13-7-8-19-10/h7-8H,4-6H2,1-3H3,(H,14,17)(H,13,15,16). The Morgan fingerprint density at radius 2 is 2.16 bits per heavy atom. The lowest BCUT2D eigenvalue weighted by atomic mass is 10.2. The van der Waals surface area contributed by atoms with Crippen molar-refractivity contribution in [1.29, 1.82) is 0 Å². The van der Waals surface area contributed by atoms with E-state index in [1.54, 1.807) is 32.3 Å². The van der Waals surface area contributed by atoms with Crippen molar-refractivity contribution in [1.82, 2.24) is 10.3 Å². The SMILES string of the molecule is CC(C)(C)OC(=O)NCCCC(=O)Nc1nccs1. The summed E-state index contributed by atoms with van der Waals surface area (Å²) < 4.78 is 5.07. The second-order valence-electron chi connectivity index (χ2n) is 4.92. The lowest BCUT2D eigenvalue weighted by Crippen LogP contribution is -2.33. The highest BCUT2D eigenvalue weighted by molar-refractivity contribution is 7.13. The van der Waals surface area contributed by atoms with E-state index in [2.05, 4.69) is 15.6 Å². The molecule has 0 fully saturated rings. The largest absolute Gasteiger partial charge is 0.444 e. The van der Waals surface area contributed by atoms with Crippen LogP contribution in [0.25, 0.3) is 0 Å². The van der Waals surface area contributed by atoms with Crippen LogP contribution in [0.4, 0.5) is 9.93 Å². The average molecular weight is 285 g/mol. The molecular formula is C12H19N3O3S. The summed E-state index contributed by atoms with van der Waals surface area (Å²) in [5, 5.41) is 7.65. The number of aromatic nitrogens is 1. The third-order valence-corrected chi connectivity index (χ3v) is 2.62. The summed E-state index contributed by atoms with van der Waals surface area (Å²) in [4.78, 5) is 26.8. The zero-order valence-electron chi connectivity index (χ0n) is 11.4. The molecule has 0 atom stereocenters. The average Bonchev–Trinajstić information content (AvgIpc) is 2.74. The zero-order valence-corrected chi connectivity index (χ0v) is 12.2. The Morgan fingerprint density at radius 1 is 1.42 bits per heavy atom. The molecule has 0 aliphatic rings. The third kappa shape index (κ3) is 7.40. The first-order valence-corrected chi connectivity index (χ1v) is 6.91. The maximum absolute atomic E-state index is 11.5. The van der Waals surface area contributed by atoms with Crippen LogP contribution in [0.3, 0.4) is 0 Å². The molecule has 1 heterocycles. The summed E-state index contributed by atoms with van der Waals surface area (Å²) in [6.45, 7) is 5.80. The molecule has 0 saturated heterocycles. The first-order chi connectivity index (χ1) is 8.87. The Labute approximate surface area is 116 Å². The van der Waals surface area contributed by atoms with Crippen LogP contribution in [0.15, 0.2) is 11.6 Å². The van der Waals surface area contributed by atoms with E-state index in [1.165, 1.54) is 11.3 Å². The van der Waals surface area contributed by atoms with E-state index in [0.717, 1.165) is 0 Å². The molecule has 1 aromatic heterocycles. The number of nitrogens with zero attached hydrogens (tertiary/aromatic N) is 1. The number of carbonyl (C=O) groups is 2. The second-order valence-corrected chi connectivity index (χ2v) is 5.81. The normalized spacial score (nSPS) is 10.9. The van der Waals surface area contributed by atoms with Gasteiger partial charge in [-0.3, -0.25) is 4.79 Å². The van der Waals surface area contributed by atoms with E-state index < -0.39 is 11.7 Å². The van der Waals surface area contributed by atoms with Crippen LogP contribution in [0.1, 0.15) is 33.6 Å². The molecule has 19 heavy (non-hydrogen) atoms. The first kappa shape index (κ1) is 15.4. The topological polar surface area (TPSA) is 80.3 Å². The zero-order chi connectivity index (χ0) is 14.3. The fourth-order valence-electron chi connectivity index (χ4n) is 1.22. The van der Waals surface area contributed by atoms with Gasteiger partial charge >= 0.3 is 6.09 Å².